The molecule has 0 radical (unpaired) electrons. The number of methoxy groups -OCH3 is 1. The lowest BCUT2D eigenvalue weighted by molar-refractivity contribution is 0.414. The maximum absolute atomic E-state index is 13.9. The van der Waals surface area contributed by atoms with Gasteiger partial charge in [0.25, 0.3) is 0 Å². The van der Waals surface area contributed by atoms with Gasteiger partial charge in [-0.1, -0.05) is 29.4 Å². The molecule has 0 aliphatic rings. The number of aromatic nitrogens is 1. The molecule has 0 atom stereocenters. The fourth-order valence-corrected chi connectivity index (χ4v) is 3.51. The van der Waals surface area contributed by atoms with Crippen LogP contribution >= 0.6 is 11.3 Å². The molecule has 7 heteroatoms. The number of hydrogen-bond acceptors (Lipinski definition) is 4. The number of nitrogens with zero attached hydrogens (tertiary/aromatic N) is 2. The predicted molar refractivity (Wildman–Crippen MR) is 97.2 cm³/mol. The minimum Gasteiger partial charge on any atom is -0.497 e. The molecule has 3 aromatic rings. The van der Waals surface area contributed by atoms with Crippen molar-refractivity contribution in [2.24, 2.45) is 0 Å². The normalized spacial score (nSPS) is 10.7. The van der Waals surface area contributed by atoms with Gasteiger partial charge in [0.1, 0.15) is 17.1 Å². The highest BCUT2D eigenvalue weighted by Gasteiger charge is 2.20. The van der Waals surface area contributed by atoms with Gasteiger partial charge in [0.15, 0.2) is 16.8 Å². The van der Waals surface area contributed by atoms with Gasteiger partial charge in [-0.25, -0.2) is 18.2 Å². The molecule has 0 amide bonds. The number of thiazole rings is 1. The molecule has 1 heterocycles. The molecule has 0 aliphatic carbocycles. The Hall–Kier alpha value is -2.72. The number of halogens is 3. The van der Waals surface area contributed by atoms with E-state index in [1.54, 1.807) is 12.0 Å². The van der Waals surface area contributed by atoms with Crippen molar-refractivity contribution >= 4 is 26.7 Å². The zero-order valence-electron chi connectivity index (χ0n) is 13.9. The topological polar surface area (TPSA) is 25.4 Å². The first-order valence-corrected chi connectivity index (χ1v) is 8.60. The molecule has 0 aliphatic heterocycles. The van der Waals surface area contributed by atoms with Crippen molar-refractivity contribution in [2.75, 3.05) is 25.1 Å². The van der Waals surface area contributed by atoms with Gasteiger partial charge in [-0.2, -0.15) is 0 Å². The number of hydrogen-bond donors (Lipinski definition) is 0. The zero-order chi connectivity index (χ0) is 18.7. The molecule has 0 N–H and O–H groups in total. The number of fused-ring (bicyclic) bond motifs is 1. The summed E-state index contributed by atoms with van der Waals surface area (Å²) < 4.78 is 46.3. The van der Waals surface area contributed by atoms with E-state index < -0.39 is 17.5 Å². The highest BCUT2D eigenvalue weighted by molar-refractivity contribution is 7.22. The highest BCUT2D eigenvalue weighted by Crippen LogP contribution is 2.33. The van der Waals surface area contributed by atoms with Gasteiger partial charge in [0, 0.05) is 12.6 Å². The lowest BCUT2D eigenvalue weighted by Gasteiger charge is -2.19. The molecule has 1 aromatic heterocycles. The first-order valence-electron chi connectivity index (χ1n) is 7.79. The van der Waals surface area contributed by atoms with Crippen molar-refractivity contribution in [1.82, 2.24) is 4.98 Å². The molecule has 0 unspecified atom stereocenters. The Labute approximate surface area is 153 Å². The molecule has 0 spiro atoms. The molecule has 0 fully saturated rings. The van der Waals surface area contributed by atoms with Crippen molar-refractivity contribution in [3.8, 4) is 18.1 Å². The van der Waals surface area contributed by atoms with Crippen LogP contribution in [-0.2, 0) is 6.42 Å². The SMILES string of the molecule is C#CCN(CCc1ccc(OC)cc1)c1nc2c(F)c(F)cc(F)c2s1. The lowest BCUT2D eigenvalue weighted by Crippen LogP contribution is -2.26. The van der Waals surface area contributed by atoms with E-state index in [4.69, 9.17) is 11.2 Å². The molecular formula is C19H15F3N2OS. The van der Waals surface area contributed by atoms with E-state index in [1.807, 2.05) is 24.3 Å². The van der Waals surface area contributed by atoms with Gasteiger partial charge in [-0.05, 0) is 24.1 Å². The average molecular weight is 376 g/mol. The molecular weight excluding hydrogens is 361 g/mol. The van der Waals surface area contributed by atoms with Crippen LogP contribution in [0.3, 0.4) is 0 Å². The predicted octanol–water partition coefficient (Wildman–Crippen LogP) is 4.40. The maximum Gasteiger partial charge on any atom is 0.187 e. The second-order valence-electron chi connectivity index (χ2n) is 5.55. The highest BCUT2D eigenvalue weighted by atomic mass is 32.1. The monoisotopic (exact) mass is 376 g/mol. The molecule has 3 rings (SSSR count). The summed E-state index contributed by atoms with van der Waals surface area (Å²) in [5.74, 6) is 0.0308. The molecule has 3 nitrogen and oxygen atoms in total. The average Bonchev–Trinajstić information content (AvgIpc) is 3.10. The fourth-order valence-electron chi connectivity index (χ4n) is 2.52. The number of benzene rings is 2. The fraction of sp³-hybridized carbons (Fsp3) is 0.211. The van der Waals surface area contributed by atoms with Crippen molar-refractivity contribution in [1.29, 1.82) is 0 Å². The first kappa shape index (κ1) is 18.1. The molecule has 0 saturated heterocycles. The third kappa shape index (κ3) is 3.60. The van der Waals surface area contributed by atoms with Crippen LogP contribution in [-0.4, -0.2) is 25.2 Å². The molecule has 0 bridgehead atoms. The second-order valence-corrected chi connectivity index (χ2v) is 6.53. The van der Waals surface area contributed by atoms with Crippen LogP contribution in [0.5, 0.6) is 5.75 Å². The summed E-state index contributed by atoms with van der Waals surface area (Å²) in [6, 6.07) is 8.10. The summed E-state index contributed by atoms with van der Waals surface area (Å²) in [5, 5.41) is 0.356. The minimum absolute atomic E-state index is 0.0228. The van der Waals surface area contributed by atoms with Crippen molar-refractivity contribution in [3.05, 3.63) is 53.3 Å². The van der Waals surface area contributed by atoms with E-state index in [2.05, 4.69) is 10.9 Å². The maximum atomic E-state index is 13.9. The van der Waals surface area contributed by atoms with Gasteiger partial charge in [0.2, 0.25) is 0 Å². The standard InChI is InChI=1S/C19H15F3N2OS/c1-3-9-24(10-8-12-4-6-13(25-2)7-5-12)19-23-17-16(22)14(20)11-15(21)18(17)26-19/h1,4-7,11H,8-10H2,2H3. The van der Waals surface area contributed by atoms with Crippen LogP contribution in [0, 0.1) is 29.8 Å². The summed E-state index contributed by atoms with van der Waals surface area (Å²) in [4.78, 5) is 5.81. The molecule has 26 heavy (non-hydrogen) atoms. The third-order valence-electron chi connectivity index (χ3n) is 3.89. The van der Waals surface area contributed by atoms with Crippen LogP contribution in [0.1, 0.15) is 5.56 Å². The van der Waals surface area contributed by atoms with Crippen LogP contribution < -0.4 is 9.64 Å². The lowest BCUT2D eigenvalue weighted by atomic mass is 10.1. The Balaban J connectivity index is 1.85. The summed E-state index contributed by atoms with van der Waals surface area (Å²) in [7, 11) is 1.60. The summed E-state index contributed by atoms with van der Waals surface area (Å²) in [6.07, 6.45) is 6.07. The number of rotatable bonds is 6. The summed E-state index contributed by atoms with van der Waals surface area (Å²) in [5.41, 5.74) is 0.742. The largest absolute Gasteiger partial charge is 0.497 e. The van der Waals surface area contributed by atoms with Gasteiger partial charge in [-0.15, -0.1) is 6.42 Å². The zero-order valence-corrected chi connectivity index (χ0v) is 14.7. The Morgan fingerprint density at radius 3 is 2.58 bits per heavy atom. The molecule has 134 valence electrons. The van der Waals surface area contributed by atoms with Crippen LogP contribution in [0.15, 0.2) is 30.3 Å². The first-order chi connectivity index (χ1) is 12.5. The van der Waals surface area contributed by atoms with E-state index in [9.17, 15) is 13.2 Å². The smallest absolute Gasteiger partial charge is 0.187 e. The van der Waals surface area contributed by atoms with E-state index >= 15 is 0 Å². The van der Waals surface area contributed by atoms with Crippen molar-refractivity contribution < 1.29 is 17.9 Å². The second kappa shape index (κ2) is 7.67. The van der Waals surface area contributed by atoms with E-state index in [0.29, 0.717) is 24.2 Å². The number of anilines is 1. The van der Waals surface area contributed by atoms with Crippen LogP contribution in [0.25, 0.3) is 10.2 Å². The number of terminal acetylenes is 1. The van der Waals surface area contributed by atoms with Crippen molar-refractivity contribution in [3.63, 3.8) is 0 Å². The van der Waals surface area contributed by atoms with Gasteiger partial charge >= 0.3 is 0 Å². The molecule has 0 saturated carbocycles. The van der Waals surface area contributed by atoms with Gasteiger partial charge in [-0.3, -0.25) is 0 Å². The Morgan fingerprint density at radius 1 is 1.19 bits per heavy atom. The van der Waals surface area contributed by atoms with Crippen LogP contribution in [0.2, 0.25) is 0 Å². The Kier molecular flexibility index (Phi) is 5.33. The van der Waals surface area contributed by atoms with Gasteiger partial charge < -0.3 is 9.64 Å². The quantitative estimate of drug-likeness (QED) is 0.471. The summed E-state index contributed by atoms with van der Waals surface area (Å²) >= 11 is 0.954. The number of ether oxygens (including phenoxy) is 1. The van der Waals surface area contributed by atoms with E-state index in [0.717, 1.165) is 22.6 Å². The van der Waals surface area contributed by atoms with Crippen LogP contribution in [0.4, 0.5) is 18.3 Å². The Morgan fingerprint density at radius 2 is 1.92 bits per heavy atom. The van der Waals surface area contributed by atoms with Crippen molar-refractivity contribution in [2.45, 2.75) is 6.42 Å². The van der Waals surface area contributed by atoms with Gasteiger partial charge in [0.05, 0.1) is 18.4 Å². The van der Waals surface area contributed by atoms with E-state index in [-0.39, 0.29) is 16.8 Å². The molecule has 2 aromatic carbocycles. The minimum atomic E-state index is -1.26. The Bertz CT molecular complexity index is 964. The summed E-state index contributed by atoms with van der Waals surface area (Å²) in [6.45, 7) is 0.726. The third-order valence-corrected chi connectivity index (χ3v) is 5.01. The van der Waals surface area contributed by atoms with E-state index in [1.165, 1.54) is 0 Å².